The lowest BCUT2D eigenvalue weighted by Gasteiger charge is -2.45. The van der Waals surface area contributed by atoms with E-state index in [1.165, 1.54) is 19.3 Å². The van der Waals surface area contributed by atoms with Crippen LogP contribution in [-0.4, -0.2) is 35.1 Å². The summed E-state index contributed by atoms with van der Waals surface area (Å²) in [6.07, 6.45) is 5.58. The van der Waals surface area contributed by atoms with Crippen LogP contribution in [0.15, 0.2) is 0 Å². The Balaban J connectivity index is 1.92. The van der Waals surface area contributed by atoms with Crippen molar-refractivity contribution >= 4 is 5.97 Å². The summed E-state index contributed by atoms with van der Waals surface area (Å²) < 4.78 is 0. The van der Waals surface area contributed by atoms with Gasteiger partial charge in [-0.2, -0.15) is 0 Å². The quantitative estimate of drug-likeness (QED) is 0.822. The molecular formula is C15H27NO2. The van der Waals surface area contributed by atoms with Crippen LogP contribution >= 0.6 is 0 Å². The van der Waals surface area contributed by atoms with Gasteiger partial charge in [-0.25, -0.2) is 0 Å². The second-order valence-electron chi connectivity index (χ2n) is 6.86. The van der Waals surface area contributed by atoms with Crippen LogP contribution in [0.1, 0.15) is 52.9 Å². The van der Waals surface area contributed by atoms with E-state index in [1.807, 2.05) is 6.92 Å². The molecule has 2 fully saturated rings. The summed E-state index contributed by atoms with van der Waals surface area (Å²) >= 11 is 0. The zero-order valence-electron chi connectivity index (χ0n) is 12.0. The Kier molecular flexibility index (Phi) is 4.00. The highest BCUT2D eigenvalue weighted by Gasteiger charge is 2.40. The van der Waals surface area contributed by atoms with Crippen LogP contribution in [0.3, 0.4) is 0 Å². The fourth-order valence-electron chi connectivity index (χ4n) is 3.75. The molecule has 0 spiro atoms. The van der Waals surface area contributed by atoms with E-state index >= 15 is 0 Å². The Morgan fingerprint density at radius 2 is 1.83 bits per heavy atom. The molecule has 1 saturated heterocycles. The lowest BCUT2D eigenvalue weighted by molar-refractivity contribution is -0.151. The van der Waals surface area contributed by atoms with Crippen molar-refractivity contribution in [3.8, 4) is 0 Å². The van der Waals surface area contributed by atoms with E-state index in [0.717, 1.165) is 37.8 Å². The number of nitrogens with zero attached hydrogens (tertiary/aromatic N) is 1. The molecule has 0 aromatic heterocycles. The summed E-state index contributed by atoms with van der Waals surface area (Å²) in [4.78, 5) is 13.8. The third kappa shape index (κ3) is 2.71. The van der Waals surface area contributed by atoms with E-state index < -0.39 is 11.4 Å². The third-order valence-corrected chi connectivity index (χ3v) is 5.27. The van der Waals surface area contributed by atoms with Gasteiger partial charge in [0.2, 0.25) is 0 Å². The lowest BCUT2D eigenvalue weighted by Crippen LogP contribution is -2.50. The van der Waals surface area contributed by atoms with E-state index in [1.54, 1.807) is 0 Å². The largest absolute Gasteiger partial charge is 0.481 e. The maximum Gasteiger partial charge on any atom is 0.309 e. The number of carboxylic acid groups (broad SMARTS) is 1. The minimum atomic E-state index is -0.618. The molecule has 0 bridgehead atoms. The highest BCUT2D eigenvalue weighted by atomic mass is 16.4. The Labute approximate surface area is 111 Å². The van der Waals surface area contributed by atoms with Crippen LogP contribution in [0.25, 0.3) is 0 Å². The second kappa shape index (κ2) is 5.20. The number of rotatable bonds is 2. The predicted molar refractivity (Wildman–Crippen MR) is 72.5 cm³/mol. The number of hydrogen-bond donors (Lipinski definition) is 1. The van der Waals surface area contributed by atoms with Gasteiger partial charge in [0.25, 0.3) is 0 Å². The van der Waals surface area contributed by atoms with Gasteiger partial charge in [0.1, 0.15) is 0 Å². The Morgan fingerprint density at radius 3 is 2.33 bits per heavy atom. The molecular weight excluding hydrogens is 226 g/mol. The van der Waals surface area contributed by atoms with E-state index in [-0.39, 0.29) is 0 Å². The molecule has 0 aromatic carbocycles. The summed E-state index contributed by atoms with van der Waals surface area (Å²) in [6.45, 7) is 8.55. The first-order valence-electron chi connectivity index (χ1n) is 7.40. The Bertz CT molecular complexity index is 308. The van der Waals surface area contributed by atoms with E-state index in [0.29, 0.717) is 6.04 Å². The van der Waals surface area contributed by atoms with Gasteiger partial charge in [-0.1, -0.05) is 13.8 Å². The van der Waals surface area contributed by atoms with Crippen molar-refractivity contribution in [2.24, 2.45) is 17.3 Å². The van der Waals surface area contributed by atoms with Crippen molar-refractivity contribution in [3.63, 3.8) is 0 Å². The van der Waals surface area contributed by atoms with Crippen LogP contribution in [0.2, 0.25) is 0 Å². The number of carbonyl (C=O) groups is 1. The van der Waals surface area contributed by atoms with Gasteiger partial charge < -0.3 is 10.0 Å². The third-order valence-electron chi connectivity index (χ3n) is 5.27. The normalized spacial score (nSPS) is 37.4. The number of aliphatic carboxylic acids is 1. The predicted octanol–water partition coefficient (Wildman–Crippen LogP) is 3.00. The molecule has 1 aliphatic heterocycles. The van der Waals surface area contributed by atoms with Crippen molar-refractivity contribution in [1.82, 2.24) is 4.90 Å². The molecule has 2 aliphatic rings. The van der Waals surface area contributed by atoms with Gasteiger partial charge in [0, 0.05) is 6.04 Å². The zero-order valence-corrected chi connectivity index (χ0v) is 12.0. The van der Waals surface area contributed by atoms with Crippen molar-refractivity contribution in [1.29, 1.82) is 0 Å². The van der Waals surface area contributed by atoms with E-state index in [2.05, 4.69) is 18.7 Å². The first kappa shape index (κ1) is 13.9. The first-order chi connectivity index (χ1) is 8.42. The standard InChI is InChI=1S/C15H27NO2/c1-11-4-5-13(12(2)10-11)16-8-6-15(3,7-9-16)14(17)18/h11-13H,4-10H2,1-3H3,(H,17,18). The molecule has 3 atom stereocenters. The molecule has 1 N–H and O–H groups in total. The summed E-state index contributed by atoms with van der Waals surface area (Å²) in [5.41, 5.74) is -0.484. The molecule has 3 nitrogen and oxygen atoms in total. The molecule has 1 aliphatic carbocycles. The molecule has 104 valence electrons. The topological polar surface area (TPSA) is 40.5 Å². The van der Waals surface area contributed by atoms with Gasteiger partial charge in [0.05, 0.1) is 5.41 Å². The number of piperidine rings is 1. The van der Waals surface area contributed by atoms with Crippen molar-refractivity contribution in [2.75, 3.05) is 13.1 Å². The Hall–Kier alpha value is -0.570. The highest BCUT2D eigenvalue weighted by molar-refractivity contribution is 5.74. The van der Waals surface area contributed by atoms with Gasteiger partial charge in [-0.15, -0.1) is 0 Å². The molecule has 0 radical (unpaired) electrons. The average Bonchev–Trinajstić information content (AvgIpc) is 2.31. The molecule has 3 heteroatoms. The summed E-state index contributed by atoms with van der Waals surface area (Å²) in [5, 5.41) is 9.26. The highest BCUT2D eigenvalue weighted by Crippen LogP contribution is 2.37. The molecule has 0 amide bonds. The zero-order chi connectivity index (χ0) is 13.3. The fraction of sp³-hybridized carbons (Fsp3) is 0.933. The molecule has 2 rings (SSSR count). The smallest absolute Gasteiger partial charge is 0.309 e. The number of likely N-dealkylation sites (tertiary alicyclic amines) is 1. The van der Waals surface area contributed by atoms with E-state index in [4.69, 9.17) is 0 Å². The van der Waals surface area contributed by atoms with Crippen molar-refractivity contribution < 1.29 is 9.90 Å². The monoisotopic (exact) mass is 253 g/mol. The van der Waals surface area contributed by atoms with E-state index in [9.17, 15) is 9.90 Å². The minimum absolute atomic E-state index is 0.484. The number of carboxylic acids is 1. The second-order valence-corrected chi connectivity index (χ2v) is 6.86. The fourth-order valence-corrected chi connectivity index (χ4v) is 3.75. The SMILES string of the molecule is CC1CCC(N2CCC(C)(C(=O)O)CC2)C(C)C1. The van der Waals surface area contributed by atoms with Gasteiger partial charge in [-0.3, -0.25) is 4.79 Å². The van der Waals surface area contributed by atoms with Gasteiger partial charge in [-0.05, 0) is 64.0 Å². The molecule has 18 heavy (non-hydrogen) atoms. The minimum Gasteiger partial charge on any atom is -0.481 e. The van der Waals surface area contributed by atoms with Crippen LogP contribution < -0.4 is 0 Å². The summed E-state index contributed by atoms with van der Waals surface area (Å²) in [5.74, 6) is 1.01. The maximum atomic E-state index is 11.2. The summed E-state index contributed by atoms with van der Waals surface area (Å²) in [7, 11) is 0. The molecule has 1 heterocycles. The lowest BCUT2D eigenvalue weighted by atomic mass is 9.76. The maximum absolute atomic E-state index is 11.2. The Morgan fingerprint density at radius 1 is 1.22 bits per heavy atom. The van der Waals surface area contributed by atoms with Crippen molar-refractivity contribution in [3.05, 3.63) is 0 Å². The summed E-state index contributed by atoms with van der Waals surface area (Å²) in [6, 6.07) is 0.694. The molecule has 3 unspecified atom stereocenters. The number of hydrogen-bond acceptors (Lipinski definition) is 2. The molecule has 1 saturated carbocycles. The van der Waals surface area contributed by atoms with Gasteiger partial charge in [0.15, 0.2) is 0 Å². The molecule has 0 aromatic rings. The van der Waals surface area contributed by atoms with Crippen LogP contribution in [0, 0.1) is 17.3 Å². The van der Waals surface area contributed by atoms with Gasteiger partial charge >= 0.3 is 5.97 Å². The van der Waals surface area contributed by atoms with Crippen LogP contribution in [0.5, 0.6) is 0 Å². The van der Waals surface area contributed by atoms with Crippen molar-refractivity contribution in [2.45, 2.75) is 58.9 Å². The van der Waals surface area contributed by atoms with Crippen LogP contribution in [-0.2, 0) is 4.79 Å². The average molecular weight is 253 g/mol. The van der Waals surface area contributed by atoms with Crippen LogP contribution in [0.4, 0.5) is 0 Å². The first-order valence-corrected chi connectivity index (χ1v) is 7.40.